The Bertz CT molecular complexity index is 501. The van der Waals surface area contributed by atoms with Crippen molar-refractivity contribution in [2.24, 2.45) is 5.92 Å². The van der Waals surface area contributed by atoms with Crippen molar-refractivity contribution in [3.05, 3.63) is 29.8 Å². The summed E-state index contributed by atoms with van der Waals surface area (Å²) in [5.41, 5.74) is 1.25. The minimum Gasteiger partial charge on any atom is -0.352 e. The van der Waals surface area contributed by atoms with Crippen molar-refractivity contribution in [1.29, 1.82) is 0 Å². The smallest absolute Gasteiger partial charge is 0.319 e. The monoisotopic (exact) mass is 326 g/mol. The SMILES string of the molecule is CC(C)NC(=O)Nc1ccc(C(=O)NCC2CNC2)cc1.Cl. The standard InChI is InChI=1S/C15H22N4O2.ClH/c1-10(2)18-15(21)19-13-5-3-12(4-6-13)14(20)17-9-11-7-16-8-11;/h3-6,10-11,16H,7-9H2,1-2H3,(H,17,20)(H2,18,19,21);1H. The molecule has 3 amide bonds. The van der Waals surface area contributed by atoms with Crippen LogP contribution in [0.3, 0.4) is 0 Å². The van der Waals surface area contributed by atoms with Gasteiger partial charge in [-0.1, -0.05) is 0 Å². The number of carbonyl (C=O) groups is 2. The van der Waals surface area contributed by atoms with Crippen molar-refractivity contribution in [1.82, 2.24) is 16.0 Å². The molecule has 122 valence electrons. The van der Waals surface area contributed by atoms with E-state index in [0.717, 1.165) is 13.1 Å². The summed E-state index contributed by atoms with van der Waals surface area (Å²) in [5.74, 6) is 0.453. The zero-order valence-corrected chi connectivity index (χ0v) is 13.6. The quantitative estimate of drug-likeness (QED) is 0.663. The van der Waals surface area contributed by atoms with E-state index in [0.29, 0.717) is 23.7 Å². The van der Waals surface area contributed by atoms with Gasteiger partial charge in [0.15, 0.2) is 0 Å². The van der Waals surface area contributed by atoms with E-state index in [9.17, 15) is 9.59 Å². The van der Waals surface area contributed by atoms with E-state index in [2.05, 4.69) is 21.3 Å². The highest BCUT2D eigenvalue weighted by atomic mass is 35.5. The lowest BCUT2D eigenvalue weighted by Gasteiger charge is -2.27. The number of hydrogen-bond acceptors (Lipinski definition) is 3. The third-order valence-corrected chi connectivity index (χ3v) is 3.24. The van der Waals surface area contributed by atoms with Crippen LogP contribution in [0, 0.1) is 5.92 Å². The Morgan fingerprint density at radius 1 is 1.23 bits per heavy atom. The lowest BCUT2D eigenvalue weighted by molar-refractivity contribution is 0.0942. The molecule has 1 aliphatic heterocycles. The maximum atomic E-state index is 11.9. The number of anilines is 1. The Morgan fingerprint density at radius 2 is 1.86 bits per heavy atom. The van der Waals surface area contributed by atoms with Crippen LogP contribution in [0.15, 0.2) is 24.3 Å². The van der Waals surface area contributed by atoms with E-state index in [-0.39, 0.29) is 30.4 Å². The molecule has 1 aliphatic rings. The first kappa shape index (κ1) is 18.3. The van der Waals surface area contributed by atoms with Crippen molar-refractivity contribution < 1.29 is 9.59 Å². The van der Waals surface area contributed by atoms with Crippen LogP contribution in [0.4, 0.5) is 10.5 Å². The molecule has 0 radical (unpaired) electrons. The maximum absolute atomic E-state index is 11.9. The molecular formula is C15H23ClN4O2. The van der Waals surface area contributed by atoms with Gasteiger partial charge in [0.2, 0.25) is 0 Å². The average Bonchev–Trinajstić information content (AvgIpc) is 2.36. The molecule has 0 bridgehead atoms. The molecule has 22 heavy (non-hydrogen) atoms. The summed E-state index contributed by atoms with van der Waals surface area (Å²) in [5, 5.41) is 11.5. The van der Waals surface area contributed by atoms with Crippen LogP contribution < -0.4 is 21.3 Å². The van der Waals surface area contributed by atoms with E-state index in [1.54, 1.807) is 24.3 Å². The Kier molecular flexibility index (Phi) is 7.14. The van der Waals surface area contributed by atoms with Crippen LogP contribution in [0.25, 0.3) is 0 Å². The topological polar surface area (TPSA) is 82.3 Å². The van der Waals surface area contributed by atoms with Gasteiger partial charge in [0.1, 0.15) is 0 Å². The van der Waals surface area contributed by atoms with E-state index in [1.165, 1.54) is 0 Å². The summed E-state index contributed by atoms with van der Waals surface area (Å²) < 4.78 is 0. The lowest BCUT2D eigenvalue weighted by atomic mass is 10.0. The average molecular weight is 327 g/mol. The molecule has 4 N–H and O–H groups in total. The molecule has 1 saturated heterocycles. The fourth-order valence-corrected chi connectivity index (χ4v) is 1.97. The molecule has 0 aromatic heterocycles. The molecule has 0 unspecified atom stereocenters. The zero-order valence-electron chi connectivity index (χ0n) is 12.8. The summed E-state index contributed by atoms with van der Waals surface area (Å²) in [6.45, 7) is 6.42. The Hall–Kier alpha value is -1.79. The third-order valence-electron chi connectivity index (χ3n) is 3.24. The van der Waals surface area contributed by atoms with E-state index < -0.39 is 0 Å². The third kappa shape index (κ3) is 5.54. The fraction of sp³-hybridized carbons (Fsp3) is 0.467. The Labute approximate surface area is 136 Å². The molecule has 0 saturated carbocycles. The van der Waals surface area contributed by atoms with E-state index >= 15 is 0 Å². The van der Waals surface area contributed by atoms with E-state index in [4.69, 9.17) is 0 Å². The van der Waals surface area contributed by atoms with Crippen molar-refractivity contribution in [2.75, 3.05) is 25.0 Å². The Balaban J connectivity index is 0.00000242. The first-order chi connectivity index (χ1) is 10.0. The number of benzene rings is 1. The summed E-state index contributed by atoms with van der Waals surface area (Å²) in [6.07, 6.45) is 0. The molecule has 2 rings (SSSR count). The number of carbonyl (C=O) groups excluding carboxylic acids is 2. The van der Waals surface area contributed by atoms with Gasteiger partial charge in [-0.15, -0.1) is 12.4 Å². The number of urea groups is 1. The second kappa shape index (κ2) is 8.60. The molecule has 0 aliphatic carbocycles. The number of nitrogens with one attached hydrogen (secondary N) is 4. The van der Waals surface area contributed by atoms with Crippen molar-refractivity contribution in [2.45, 2.75) is 19.9 Å². The summed E-state index contributed by atoms with van der Waals surface area (Å²) in [4.78, 5) is 23.5. The summed E-state index contributed by atoms with van der Waals surface area (Å²) in [6, 6.07) is 6.69. The molecular weight excluding hydrogens is 304 g/mol. The lowest BCUT2D eigenvalue weighted by Crippen LogP contribution is -2.48. The predicted molar refractivity (Wildman–Crippen MR) is 89.7 cm³/mol. The Morgan fingerprint density at radius 3 is 2.36 bits per heavy atom. The second-order valence-electron chi connectivity index (χ2n) is 5.56. The highest BCUT2D eigenvalue weighted by molar-refractivity contribution is 5.95. The van der Waals surface area contributed by atoms with E-state index in [1.807, 2.05) is 13.8 Å². The molecule has 1 aromatic carbocycles. The van der Waals surface area contributed by atoms with Gasteiger partial charge in [-0.05, 0) is 38.1 Å². The highest BCUT2D eigenvalue weighted by Gasteiger charge is 2.17. The van der Waals surface area contributed by atoms with Gasteiger partial charge in [-0.25, -0.2) is 4.79 Å². The van der Waals surface area contributed by atoms with Gasteiger partial charge >= 0.3 is 6.03 Å². The van der Waals surface area contributed by atoms with Gasteiger partial charge in [-0.2, -0.15) is 0 Å². The number of halogens is 1. The van der Waals surface area contributed by atoms with Gasteiger partial charge in [-0.3, -0.25) is 4.79 Å². The summed E-state index contributed by atoms with van der Waals surface area (Å²) in [7, 11) is 0. The van der Waals surface area contributed by atoms with Crippen LogP contribution >= 0.6 is 12.4 Å². The van der Waals surface area contributed by atoms with Gasteiger partial charge in [0.05, 0.1) is 0 Å². The molecule has 0 spiro atoms. The molecule has 1 fully saturated rings. The van der Waals surface area contributed by atoms with Crippen molar-refractivity contribution >= 4 is 30.0 Å². The first-order valence-corrected chi connectivity index (χ1v) is 7.21. The molecule has 0 atom stereocenters. The van der Waals surface area contributed by atoms with Crippen molar-refractivity contribution in [3.8, 4) is 0 Å². The first-order valence-electron chi connectivity index (χ1n) is 7.21. The van der Waals surface area contributed by atoms with Gasteiger partial charge in [0.25, 0.3) is 5.91 Å². The van der Waals surface area contributed by atoms with Crippen LogP contribution in [0.5, 0.6) is 0 Å². The number of amides is 3. The van der Waals surface area contributed by atoms with Crippen molar-refractivity contribution in [3.63, 3.8) is 0 Å². The van der Waals surface area contributed by atoms with Crippen LogP contribution in [-0.2, 0) is 0 Å². The fourth-order valence-electron chi connectivity index (χ4n) is 1.97. The normalized spacial score (nSPS) is 13.8. The molecule has 1 heterocycles. The highest BCUT2D eigenvalue weighted by Crippen LogP contribution is 2.10. The second-order valence-corrected chi connectivity index (χ2v) is 5.56. The predicted octanol–water partition coefficient (Wildman–Crippen LogP) is 1.59. The largest absolute Gasteiger partial charge is 0.352 e. The van der Waals surface area contributed by atoms with Crippen LogP contribution in [0.2, 0.25) is 0 Å². The minimum absolute atomic E-state index is 0. The van der Waals surface area contributed by atoms with Gasteiger partial charge in [0, 0.05) is 42.8 Å². The molecule has 6 nitrogen and oxygen atoms in total. The van der Waals surface area contributed by atoms with Gasteiger partial charge < -0.3 is 21.3 Å². The summed E-state index contributed by atoms with van der Waals surface area (Å²) >= 11 is 0. The zero-order chi connectivity index (χ0) is 15.2. The molecule has 1 aromatic rings. The number of hydrogen-bond donors (Lipinski definition) is 4. The van der Waals surface area contributed by atoms with Crippen LogP contribution in [0.1, 0.15) is 24.2 Å². The molecule has 7 heteroatoms. The number of rotatable bonds is 5. The van der Waals surface area contributed by atoms with Crippen LogP contribution in [-0.4, -0.2) is 37.6 Å². The maximum Gasteiger partial charge on any atom is 0.319 e. The minimum atomic E-state index is -0.250.